The monoisotopic (exact) mass is 371 g/mol. The van der Waals surface area contributed by atoms with E-state index in [4.69, 9.17) is 0 Å². The molecular formula is C19H21N3O3S. The molecule has 7 heteroatoms. The summed E-state index contributed by atoms with van der Waals surface area (Å²) in [4.78, 5) is 37.9. The summed E-state index contributed by atoms with van der Waals surface area (Å²) in [5, 5.41) is 6.43. The van der Waals surface area contributed by atoms with Gasteiger partial charge in [0.2, 0.25) is 11.8 Å². The van der Waals surface area contributed by atoms with Gasteiger partial charge in [-0.05, 0) is 55.7 Å². The second-order valence-electron chi connectivity index (χ2n) is 6.47. The minimum Gasteiger partial charge on any atom is -0.321 e. The number of hydrogen-bond donors (Lipinski definition) is 2. The smallest absolute Gasteiger partial charge is 0.266 e. The molecule has 1 heterocycles. The molecule has 2 aromatic rings. The molecule has 1 aromatic carbocycles. The normalized spacial score (nSPS) is 13.2. The van der Waals surface area contributed by atoms with Gasteiger partial charge in [0.05, 0.1) is 9.88 Å². The van der Waals surface area contributed by atoms with Crippen LogP contribution in [0.5, 0.6) is 0 Å². The summed E-state index contributed by atoms with van der Waals surface area (Å²) in [6.07, 6.45) is 1.89. The summed E-state index contributed by atoms with van der Waals surface area (Å²) in [6.45, 7) is 3.35. The molecule has 0 spiro atoms. The third kappa shape index (κ3) is 4.11. The van der Waals surface area contributed by atoms with Crippen LogP contribution in [0.2, 0.25) is 0 Å². The van der Waals surface area contributed by atoms with Gasteiger partial charge in [-0.25, -0.2) is 0 Å². The Bertz CT molecular complexity index is 853. The molecule has 0 atom stereocenters. The van der Waals surface area contributed by atoms with Crippen LogP contribution in [0.3, 0.4) is 0 Å². The lowest BCUT2D eigenvalue weighted by atomic mass is 10.2. The van der Waals surface area contributed by atoms with Crippen molar-refractivity contribution < 1.29 is 14.4 Å². The van der Waals surface area contributed by atoms with Gasteiger partial charge in [0.15, 0.2) is 0 Å². The highest BCUT2D eigenvalue weighted by Gasteiger charge is 2.30. The Balaban J connectivity index is 1.66. The van der Waals surface area contributed by atoms with Crippen molar-refractivity contribution in [2.75, 3.05) is 22.6 Å². The van der Waals surface area contributed by atoms with E-state index in [2.05, 4.69) is 10.6 Å². The van der Waals surface area contributed by atoms with Crippen molar-refractivity contribution in [2.24, 2.45) is 5.92 Å². The van der Waals surface area contributed by atoms with E-state index < -0.39 is 0 Å². The number of nitrogens with one attached hydrogen (secondary N) is 2. The highest BCUT2D eigenvalue weighted by atomic mass is 32.1. The molecule has 1 fully saturated rings. The number of rotatable bonds is 5. The maximum atomic E-state index is 12.5. The number of nitrogens with zero attached hydrogens (tertiary/aromatic N) is 1. The number of benzene rings is 1. The first-order valence-corrected chi connectivity index (χ1v) is 9.24. The van der Waals surface area contributed by atoms with Crippen LogP contribution in [-0.4, -0.2) is 24.8 Å². The van der Waals surface area contributed by atoms with E-state index in [0.717, 1.165) is 24.1 Å². The Labute approximate surface area is 156 Å². The number of hydrogen-bond acceptors (Lipinski definition) is 4. The lowest BCUT2D eigenvalue weighted by Crippen LogP contribution is -2.22. The van der Waals surface area contributed by atoms with Crippen molar-refractivity contribution in [3.8, 4) is 0 Å². The zero-order valence-corrected chi connectivity index (χ0v) is 15.8. The highest BCUT2D eigenvalue weighted by Crippen LogP contribution is 2.33. The Morgan fingerprint density at radius 2 is 1.77 bits per heavy atom. The molecule has 3 amide bonds. The van der Waals surface area contributed by atoms with Gasteiger partial charge in [0.1, 0.15) is 0 Å². The van der Waals surface area contributed by atoms with Crippen molar-refractivity contribution >= 4 is 45.4 Å². The molecule has 0 radical (unpaired) electrons. The topological polar surface area (TPSA) is 78.5 Å². The summed E-state index contributed by atoms with van der Waals surface area (Å²) in [6, 6.07) is 8.89. The molecule has 2 N–H and O–H groups in total. The fraction of sp³-hybridized carbons (Fsp3) is 0.316. The molecule has 1 aliphatic carbocycles. The predicted molar refractivity (Wildman–Crippen MR) is 104 cm³/mol. The number of carbonyl (C=O) groups excluding carboxylic acids is 3. The summed E-state index contributed by atoms with van der Waals surface area (Å²) < 4.78 is 0. The third-order valence-electron chi connectivity index (χ3n) is 4.30. The quantitative estimate of drug-likeness (QED) is 0.842. The number of thiophene rings is 1. The van der Waals surface area contributed by atoms with Crippen LogP contribution in [0.4, 0.5) is 16.4 Å². The van der Waals surface area contributed by atoms with Crippen LogP contribution >= 0.6 is 11.3 Å². The second-order valence-corrected chi connectivity index (χ2v) is 7.52. The zero-order chi connectivity index (χ0) is 18.8. The number of amides is 3. The summed E-state index contributed by atoms with van der Waals surface area (Å²) in [5.41, 5.74) is 2.23. The van der Waals surface area contributed by atoms with E-state index >= 15 is 0 Å². The molecule has 0 aliphatic heterocycles. The van der Waals surface area contributed by atoms with Crippen molar-refractivity contribution in [3.05, 3.63) is 40.8 Å². The van der Waals surface area contributed by atoms with Crippen molar-refractivity contribution in [1.29, 1.82) is 0 Å². The zero-order valence-electron chi connectivity index (χ0n) is 15.0. The summed E-state index contributed by atoms with van der Waals surface area (Å²) >= 11 is 1.28. The Morgan fingerprint density at radius 3 is 2.35 bits per heavy atom. The average Bonchev–Trinajstić information content (AvgIpc) is 3.38. The molecule has 0 saturated heterocycles. The van der Waals surface area contributed by atoms with Gasteiger partial charge >= 0.3 is 0 Å². The van der Waals surface area contributed by atoms with Crippen molar-refractivity contribution in [3.63, 3.8) is 0 Å². The lowest BCUT2D eigenvalue weighted by Gasteiger charge is -2.15. The first-order chi connectivity index (χ1) is 12.3. The van der Waals surface area contributed by atoms with E-state index in [1.165, 1.54) is 23.2 Å². The maximum absolute atomic E-state index is 12.5. The Hall–Kier alpha value is -2.67. The summed E-state index contributed by atoms with van der Waals surface area (Å²) in [7, 11) is 1.70. The molecule has 26 heavy (non-hydrogen) atoms. The molecule has 1 aromatic heterocycles. The number of aryl methyl sites for hydroxylation is 1. The van der Waals surface area contributed by atoms with Gasteiger partial charge in [-0.2, -0.15) is 0 Å². The van der Waals surface area contributed by atoms with Gasteiger partial charge in [0.25, 0.3) is 5.91 Å². The minimum atomic E-state index is -0.216. The second kappa shape index (κ2) is 7.29. The van der Waals surface area contributed by atoms with Gasteiger partial charge in [-0.1, -0.05) is 0 Å². The third-order valence-corrected chi connectivity index (χ3v) is 5.45. The Kier molecular flexibility index (Phi) is 5.08. The minimum absolute atomic E-state index is 0.0309. The van der Waals surface area contributed by atoms with E-state index in [0.29, 0.717) is 15.6 Å². The largest absolute Gasteiger partial charge is 0.321 e. The van der Waals surface area contributed by atoms with Crippen LogP contribution in [0.15, 0.2) is 30.3 Å². The van der Waals surface area contributed by atoms with E-state index in [1.807, 2.05) is 13.0 Å². The van der Waals surface area contributed by atoms with E-state index in [9.17, 15) is 14.4 Å². The molecule has 136 valence electrons. The number of anilines is 3. The molecule has 0 bridgehead atoms. The van der Waals surface area contributed by atoms with Crippen LogP contribution in [0, 0.1) is 12.8 Å². The molecule has 0 unspecified atom stereocenters. The molecular weight excluding hydrogens is 350 g/mol. The van der Waals surface area contributed by atoms with Crippen LogP contribution < -0.4 is 15.5 Å². The predicted octanol–water partition coefficient (Wildman–Crippen LogP) is 3.64. The standard InChI is InChI=1S/C19H21N3O3S/c1-11-10-16(21-18(24)13-4-5-13)26-17(11)19(25)20-14-6-8-15(9-7-14)22(3)12(2)23/h6-10,13H,4-5H2,1-3H3,(H,20,25)(H,21,24). The van der Waals surface area contributed by atoms with Crippen LogP contribution in [0.1, 0.15) is 35.0 Å². The highest BCUT2D eigenvalue weighted by molar-refractivity contribution is 7.18. The van der Waals surface area contributed by atoms with Crippen molar-refractivity contribution in [2.45, 2.75) is 26.7 Å². The van der Waals surface area contributed by atoms with Crippen LogP contribution in [-0.2, 0) is 9.59 Å². The number of carbonyl (C=O) groups is 3. The molecule has 1 aliphatic rings. The SMILES string of the molecule is CC(=O)N(C)c1ccc(NC(=O)c2sc(NC(=O)C3CC3)cc2C)cc1. The van der Waals surface area contributed by atoms with Crippen molar-refractivity contribution in [1.82, 2.24) is 0 Å². The lowest BCUT2D eigenvalue weighted by molar-refractivity contribution is -0.117. The molecule has 1 saturated carbocycles. The fourth-order valence-corrected chi connectivity index (χ4v) is 3.45. The van der Waals surface area contributed by atoms with Crippen LogP contribution in [0.25, 0.3) is 0 Å². The molecule has 6 nitrogen and oxygen atoms in total. The first-order valence-electron chi connectivity index (χ1n) is 8.42. The van der Waals surface area contributed by atoms with Gasteiger partial charge in [-0.3, -0.25) is 14.4 Å². The maximum Gasteiger partial charge on any atom is 0.266 e. The first kappa shape index (κ1) is 18.1. The van der Waals surface area contributed by atoms with E-state index in [-0.39, 0.29) is 23.6 Å². The summed E-state index contributed by atoms with van der Waals surface area (Å²) in [5.74, 6) is -0.117. The average molecular weight is 371 g/mol. The van der Waals surface area contributed by atoms with Gasteiger partial charge in [-0.15, -0.1) is 11.3 Å². The van der Waals surface area contributed by atoms with E-state index in [1.54, 1.807) is 31.3 Å². The Morgan fingerprint density at radius 1 is 1.12 bits per heavy atom. The molecule has 3 rings (SSSR count). The fourth-order valence-electron chi connectivity index (χ4n) is 2.48. The van der Waals surface area contributed by atoms with Gasteiger partial charge in [0, 0.05) is 31.3 Å². The van der Waals surface area contributed by atoms with Gasteiger partial charge < -0.3 is 15.5 Å².